The number of aromatic nitrogens is 2. The number of carbonyl (C=O) groups excluding carboxylic acids is 1. The molecule has 6 N–H and O–H groups in total. The second kappa shape index (κ2) is 19.1. The highest BCUT2D eigenvalue weighted by molar-refractivity contribution is 9.10. The first-order valence-corrected chi connectivity index (χ1v) is 20.3. The van der Waals surface area contributed by atoms with Crippen LogP contribution in [0.2, 0.25) is 0 Å². The van der Waals surface area contributed by atoms with Crippen LogP contribution in [0.15, 0.2) is 54.9 Å². The van der Waals surface area contributed by atoms with Gasteiger partial charge in [0.1, 0.15) is 0 Å². The number of rotatable bonds is 7. The van der Waals surface area contributed by atoms with E-state index in [1.54, 1.807) is 6.07 Å². The molecule has 13 heteroatoms. The second-order valence-corrected chi connectivity index (χ2v) is 16.5. The van der Waals surface area contributed by atoms with Crippen LogP contribution in [0.4, 0.5) is 11.4 Å². The van der Waals surface area contributed by atoms with Gasteiger partial charge in [-0.3, -0.25) is 14.4 Å². The lowest BCUT2D eigenvalue weighted by Gasteiger charge is -2.27. The monoisotopic (exact) mass is 880 g/mol. The number of hydrogen-bond donors (Lipinski definition) is 5. The number of aryl methyl sites for hydroxylation is 4. The maximum Gasteiger partial charge on any atom is 0.336 e. The Hall–Kier alpha value is -4.20. The molecule has 4 aromatic rings. The van der Waals surface area contributed by atoms with Crippen molar-refractivity contribution in [2.75, 3.05) is 22.9 Å². The molecule has 2 atom stereocenters. The average Bonchev–Trinajstić information content (AvgIpc) is 3.73. The number of aromatic carboxylic acids is 1. The first-order chi connectivity index (χ1) is 25.9. The summed E-state index contributed by atoms with van der Waals surface area (Å²) in [5.41, 5.74) is 15.0. The predicted molar refractivity (Wildman–Crippen MR) is 229 cm³/mol. The van der Waals surface area contributed by atoms with E-state index in [-0.39, 0.29) is 23.6 Å². The van der Waals surface area contributed by atoms with Crippen molar-refractivity contribution in [3.8, 4) is 0 Å². The van der Waals surface area contributed by atoms with E-state index in [0.717, 1.165) is 67.1 Å². The summed E-state index contributed by atoms with van der Waals surface area (Å²) in [6.45, 7) is 18.3. The molecular weight excluding hydrogens is 828 g/mol. The lowest BCUT2D eigenvalue weighted by atomic mass is 10.0. The van der Waals surface area contributed by atoms with Gasteiger partial charge in [0.2, 0.25) is 0 Å². The molecule has 2 aromatic heterocycles. The normalized spacial score (nSPS) is 16.3. The van der Waals surface area contributed by atoms with Crippen molar-refractivity contribution in [2.45, 2.75) is 106 Å². The molecule has 2 unspecified atom stereocenters. The molecule has 0 saturated carbocycles. The van der Waals surface area contributed by atoms with Crippen molar-refractivity contribution in [3.63, 3.8) is 0 Å². The maximum atomic E-state index is 12.9. The minimum Gasteiger partial charge on any atom is -0.478 e. The van der Waals surface area contributed by atoms with E-state index in [1.165, 1.54) is 25.7 Å². The highest BCUT2D eigenvalue weighted by Crippen LogP contribution is 2.34. The summed E-state index contributed by atoms with van der Waals surface area (Å²) in [5.74, 6) is -1.03. The van der Waals surface area contributed by atoms with E-state index in [9.17, 15) is 24.3 Å². The third-order valence-electron chi connectivity index (χ3n) is 10.5. The van der Waals surface area contributed by atoms with Gasteiger partial charge in [-0.1, -0.05) is 31.9 Å². The van der Waals surface area contributed by atoms with Gasteiger partial charge in [0, 0.05) is 86.7 Å². The van der Waals surface area contributed by atoms with Crippen LogP contribution >= 0.6 is 31.9 Å². The number of carbonyl (C=O) groups is 2. The number of pyridine rings is 2. The molecule has 6 rings (SSSR count). The van der Waals surface area contributed by atoms with Crippen molar-refractivity contribution >= 4 is 55.1 Å². The summed E-state index contributed by atoms with van der Waals surface area (Å²) in [5, 5.41) is 12.1. The minimum absolute atomic E-state index is 0.0648. The zero-order chi connectivity index (χ0) is 40.7. The van der Waals surface area contributed by atoms with Crippen molar-refractivity contribution in [1.82, 2.24) is 15.3 Å². The highest BCUT2D eigenvalue weighted by atomic mass is 79.9. The van der Waals surface area contributed by atoms with Crippen LogP contribution in [0.5, 0.6) is 0 Å². The second-order valence-electron chi connectivity index (χ2n) is 14.6. The lowest BCUT2D eigenvalue weighted by molar-refractivity contribution is 0.0695. The highest BCUT2D eigenvalue weighted by Gasteiger charge is 2.26. The molecule has 1 amide bonds. The van der Waals surface area contributed by atoms with Gasteiger partial charge >= 0.3 is 5.97 Å². The molecule has 2 aromatic carbocycles. The maximum absolute atomic E-state index is 12.9. The fraction of sp³-hybridized carbons (Fsp3) is 0.429. The summed E-state index contributed by atoms with van der Waals surface area (Å²) in [7, 11) is 0. The number of hydrogen-bond acceptors (Lipinski definition) is 7. The molecule has 2 saturated heterocycles. The van der Waals surface area contributed by atoms with Gasteiger partial charge in [0.15, 0.2) is 0 Å². The van der Waals surface area contributed by atoms with Gasteiger partial charge < -0.3 is 35.9 Å². The van der Waals surface area contributed by atoms with Crippen LogP contribution in [0.3, 0.4) is 0 Å². The predicted octanol–water partition coefficient (Wildman–Crippen LogP) is 7.88. The first kappa shape index (κ1) is 43.5. The van der Waals surface area contributed by atoms with Crippen LogP contribution in [0.25, 0.3) is 0 Å². The van der Waals surface area contributed by atoms with Gasteiger partial charge in [0.25, 0.3) is 17.0 Å². The fourth-order valence-corrected chi connectivity index (χ4v) is 8.36. The summed E-state index contributed by atoms with van der Waals surface area (Å²) < 4.78 is 1.71. The van der Waals surface area contributed by atoms with E-state index in [2.05, 4.69) is 76.9 Å². The SMILES string of the molecule is Cc1c(C(=O)O)cc(Br)cc1N1CCCC1C.Cc1cc(C)c(CN)c(=O)[nH]1.Cc1cc(C)c(CNC(=O)c2cc(Br)cc(N3CCCC3C)c2C)c(=O)[nH]1. The summed E-state index contributed by atoms with van der Waals surface area (Å²) in [4.78, 5) is 57.5. The first-order valence-electron chi connectivity index (χ1n) is 18.7. The zero-order valence-corrected chi connectivity index (χ0v) is 36.3. The standard InChI is InChI=1S/C21H26BrN3O2.C13H16BrNO2.C8H12N2O/c1-12-8-13(2)24-21(27)18(12)11-23-20(26)17-9-16(22)10-19(15(17)4)25-7-5-6-14(25)3;1-8-4-3-5-15(8)12-7-10(14)6-11(9(12)2)13(16)17;1-5-3-6(2)10-8(11)7(5)4-9/h8-10,14H,5-7,11H2,1-4H3,(H,23,26)(H,24,27);6-8H,3-5H2,1-2H3,(H,16,17);3H,4,9H2,1-2H3,(H,10,11). The Balaban J connectivity index is 0.000000204. The molecule has 0 spiro atoms. The number of carboxylic acids is 1. The number of amides is 1. The van der Waals surface area contributed by atoms with Gasteiger partial charge in [-0.25, -0.2) is 4.79 Å². The van der Waals surface area contributed by atoms with Crippen molar-refractivity contribution in [2.24, 2.45) is 5.73 Å². The number of aromatic amines is 2. The van der Waals surface area contributed by atoms with Crippen LogP contribution in [0, 0.1) is 41.5 Å². The number of benzene rings is 2. The summed E-state index contributed by atoms with van der Waals surface area (Å²) >= 11 is 6.94. The summed E-state index contributed by atoms with van der Waals surface area (Å²) in [6, 6.07) is 12.4. The van der Waals surface area contributed by atoms with E-state index >= 15 is 0 Å². The number of nitrogens with zero attached hydrogens (tertiary/aromatic N) is 2. The molecule has 0 radical (unpaired) electrons. The Morgan fingerprint density at radius 1 is 0.745 bits per heavy atom. The fourth-order valence-electron chi connectivity index (χ4n) is 7.47. The van der Waals surface area contributed by atoms with E-state index in [0.29, 0.717) is 40.9 Å². The van der Waals surface area contributed by atoms with Crippen LogP contribution in [-0.4, -0.2) is 52.1 Å². The number of nitrogens with two attached hydrogens (primary N) is 1. The van der Waals surface area contributed by atoms with Crippen molar-refractivity contribution in [1.29, 1.82) is 0 Å². The molecule has 4 heterocycles. The molecule has 2 fully saturated rings. The third kappa shape index (κ3) is 10.8. The average molecular weight is 883 g/mol. The number of H-pyrrole nitrogens is 2. The van der Waals surface area contributed by atoms with E-state index < -0.39 is 5.97 Å². The topological polar surface area (TPSA) is 165 Å². The van der Waals surface area contributed by atoms with E-state index in [4.69, 9.17) is 5.73 Å². The Bertz CT molecular complexity index is 2160. The van der Waals surface area contributed by atoms with Crippen molar-refractivity contribution in [3.05, 3.63) is 122 Å². The molecule has 11 nitrogen and oxygen atoms in total. The molecule has 55 heavy (non-hydrogen) atoms. The Morgan fingerprint density at radius 3 is 1.58 bits per heavy atom. The number of carboxylic acid groups (broad SMARTS) is 1. The minimum atomic E-state index is -0.864. The van der Waals surface area contributed by atoms with Gasteiger partial charge in [-0.05, 0) is 140 Å². The Kier molecular flexibility index (Phi) is 15.1. The lowest BCUT2D eigenvalue weighted by Crippen LogP contribution is -2.30. The molecule has 2 aliphatic heterocycles. The van der Waals surface area contributed by atoms with Gasteiger partial charge in [0.05, 0.1) is 5.56 Å². The Labute approximate surface area is 340 Å². The van der Waals surface area contributed by atoms with Crippen LogP contribution < -0.4 is 32.0 Å². The summed E-state index contributed by atoms with van der Waals surface area (Å²) in [6.07, 6.45) is 4.69. The Morgan fingerprint density at radius 2 is 1.18 bits per heavy atom. The quantitative estimate of drug-likeness (QED) is 0.125. The van der Waals surface area contributed by atoms with Crippen molar-refractivity contribution < 1.29 is 14.7 Å². The molecular formula is C42H54Br2N6O5. The third-order valence-corrected chi connectivity index (χ3v) is 11.4. The van der Waals surface area contributed by atoms with Gasteiger partial charge in [-0.2, -0.15) is 0 Å². The smallest absolute Gasteiger partial charge is 0.336 e. The molecule has 2 aliphatic rings. The van der Waals surface area contributed by atoms with Crippen LogP contribution in [0.1, 0.15) is 105 Å². The van der Waals surface area contributed by atoms with E-state index in [1.807, 2.05) is 65.8 Å². The number of nitrogens with one attached hydrogen (secondary N) is 3. The number of halogens is 2. The molecule has 0 bridgehead atoms. The van der Waals surface area contributed by atoms with Crippen LogP contribution in [-0.2, 0) is 13.1 Å². The molecule has 296 valence electrons. The number of anilines is 2. The molecule has 0 aliphatic carbocycles. The zero-order valence-electron chi connectivity index (χ0n) is 33.1. The van der Waals surface area contributed by atoms with Gasteiger partial charge in [-0.15, -0.1) is 0 Å². The largest absolute Gasteiger partial charge is 0.478 e.